The summed E-state index contributed by atoms with van der Waals surface area (Å²) in [5, 5.41) is 13.4. The molecule has 132 valence electrons. The summed E-state index contributed by atoms with van der Waals surface area (Å²) in [5.41, 5.74) is 0.664. The average molecular weight is 323 g/mol. The Bertz CT molecular complexity index is 468. The van der Waals surface area contributed by atoms with Gasteiger partial charge in [0, 0.05) is 12.1 Å². The summed E-state index contributed by atoms with van der Waals surface area (Å²) in [5.74, 6) is 1.53. The molecule has 4 heteroatoms. The fraction of sp³-hybridized carbons (Fsp3) is 0.684. The molecular formula is C19H33NO3. The Hall–Kier alpha value is -1.26. The van der Waals surface area contributed by atoms with Gasteiger partial charge in [-0.3, -0.25) is 0 Å². The van der Waals surface area contributed by atoms with Gasteiger partial charge < -0.3 is 19.9 Å². The standard InChI is InChI=1S/C19H33NO3/c1-14(8-7-11-19(3,4)21)20-15(2)12-16-9-10-17(22-5)18(13-16)23-6/h9-10,13-15,20-21H,7-8,11-12H2,1-6H3/t14-,15-/m1/s1. The van der Waals surface area contributed by atoms with E-state index in [1.807, 2.05) is 26.0 Å². The fourth-order valence-corrected chi connectivity index (χ4v) is 2.83. The maximum Gasteiger partial charge on any atom is 0.160 e. The van der Waals surface area contributed by atoms with Gasteiger partial charge in [-0.25, -0.2) is 0 Å². The SMILES string of the molecule is COc1ccc(C[C@@H](C)N[C@H](C)CCCC(C)(C)O)cc1OC. The lowest BCUT2D eigenvalue weighted by Crippen LogP contribution is -2.36. The molecule has 0 aliphatic carbocycles. The molecule has 2 atom stereocenters. The molecule has 0 unspecified atom stereocenters. The van der Waals surface area contributed by atoms with E-state index < -0.39 is 5.60 Å². The van der Waals surface area contributed by atoms with Gasteiger partial charge in [0.15, 0.2) is 11.5 Å². The van der Waals surface area contributed by atoms with Crippen LogP contribution in [0.25, 0.3) is 0 Å². The van der Waals surface area contributed by atoms with Crippen molar-refractivity contribution in [3.63, 3.8) is 0 Å². The third kappa shape index (κ3) is 7.71. The summed E-state index contributed by atoms with van der Waals surface area (Å²) in [6, 6.07) is 6.89. The van der Waals surface area contributed by atoms with E-state index in [4.69, 9.17) is 9.47 Å². The number of aliphatic hydroxyl groups is 1. The quantitative estimate of drug-likeness (QED) is 0.691. The molecular weight excluding hydrogens is 290 g/mol. The molecule has 1 rings (SSSR count). The van der Waals surface area contributed by atoms with Crippen LogP contribution in [0.2, 0.25) is 0 Å². The largest absolute Gasteiger partial charge is 0.493 e. The predicted molar refractivity (Wildman–Crippen MR) is 95.5 cm³/mol. The molecule has 0 saturated carbocycles. The van der Waals surface area contributed by atoms with Crippen LogP contribution in [0.5, 0.6) is 11.5 Å². The Labute approximate surface area is 141 Å². The van der Waals surface area contributed by atoms with Gasteiger partial charge in [0.1, 0.15) is 0 Å². The van der Waals surface area contributed by atoms with Gasteiger partial charge >= 0.3 is 0 Å². The average Bonchev–Trinajstić information content (AvgIpc) is 2.45. The minimum absolute atomic E-state index is 0.380. The molecule has 0 fully saturated rings. The van der Waals surface area contributed by atoms with Gasteiger partial charge in [0.2, 0.25) is 0 Å². The van der Waals surface area contributed by atoms with Crippen molar-refractivity contribution in [1.29, 1.82) is 0 Å². The highest BCUT2D eigenvalue weighted by molar-refractivity contribution is 5.43. The number of hydrogen-bond donors (Lipinski definition) is 2. The number of ether oxygens (including phenoxy) is 2. The van der Waals surface area contributed by atoms with E-state index >= 15 is 0 Å². The van der Waals surface area contributed by atoms with Crippen molar-refractivity contribution in [2.24, 2.45) is 0 Å². The Morgan fingerprint density at radius 3 is 2.30 bits per heavy atom. The van der Waals surface area contributed by atoms with E-state index in [0.717, 1.165) is 37.2 Å². The summed E-state index contributed by atoms with van der Waals surface area (Å²) in [6.45, 7) is 8.13. The topological polar surface area (TPSA) is 50.7 Å². The third-order valence-corrected chi connectivity index (χ3v) is 3.98. The summed E-state index contributed by atoms with van der Waals surface area (Å²) in [6.07, 6.45) is 3.88. The first-order valence-electron chi connectivity index (χ1n) is 8.44. The van der Waals surface area contributed by atoms with Crippen LogP contribution in [-0.4, -0.2) is 37.0 Å². The van der Waals surface area contributed by atoms with E-state index in [2.05, 4.69) is 25.2 Å². The second kappa shape index (κ2) is 9.14. The van der Waals surface area contributed by atoms with E-state index in [1.54, 1.807) is 14.2 Å². The van der Waals surface area contributed by atoms with Crippen LogP contribution in [0.15, 0.2) is 18.2 Å². The number of rotatable bonds is 10. The van der Waals surface area contributed by atoms with E-state index in [-0.39, 0.29) is 0 Å². The zero-order valence-corrected chi connectivity index (χ0v) is 15.5. The first-order valence-corrected chi connectivity index (χ1v) is 8.44. The van der Waals surface area contributed by atoms with Crippen LogP contribution in [0, 0.1) is 0 Å². The van der Waals surface area contributed by atoms with Crippen LogP contribution in [0.3, 0.4) is 0 Å². The Morgan fingerprint density at radius 2 is 1.74 bits per heavy atom. The lowest BCUT2D eigenvalue weighted by atomic mass is 9.99. The number of benzene rings is 1. The zero-order chi connectivity index (χ0) is 17.5. The minimum Gasteiger partial charge on any atom is -0.493 e. The molecule has 0 bridgehead atoms. The normalized spacial score (nSPS) is 14.4. The Morgan fingerprint density at radius 1 is 1.09 bits per heavy atom. The molecule has 0 amide bonds. The molecule has 4 nitrogen and oxygen atoms in total. The van der Waals surface area contributed by atoms with Crippen molar-refractivity contribution < 1.29 is 14.6 Å². The molecule has 0 aliphatic heterocycles. The molecule has 0 aliphatic rings. The molecule has 0 heterocycles. The van der Waals surface area contributed by atoms with Gasteiger partial charge in [0.25, 0.3) is 0 Å². The van der Waals surface area contributed by atoms with Crippen LogP contribution in [0.4, 0.5) is 0 Å². The highest BCUT2D eigenvalue weighted by atomic mass is 16.5. The lowest BCUT2D eigenvalue weighted by molar-refractivity contribution is 0.0674. The smallest absolute Gasteiger partial charge is 0.160 e. The Balaban J connectivity index is 2.45. The van der Waals surface area contributed by atoms with Crippen molar-refractivity contribution in [1.82, 2.24) is 5.32 Å². The van der Waals surface area contributed by atoms with Gasteiger partial charge in [-0.15, -0.1) is 0 Å². The van der Waals surface area contributed by atoms with Crippen molar-refractivity contribution >= 4 is 0 Å². The number of hydrogen-bond acceptors (Lipinski definition) is 4. The monoisotopic (exact) mass is 323 g/mol. The molecule has 0 spiro atoms. The fourth-order valence-electron chi connectivity index (χ4n) is 2.83. The highest BCUT2D eigenvalue weighted by Gasteiger charge is 2.14. The van der Waals surface area contributed by atoms with Gasteiger partial charge in [-0.2, -0.15) is 0 Å². The molecule has 1 aromatic carbocycles. The summed E-state index contributed by atoms with van der Waals surface area (Å²) >= 11 is 0. The zero-order valence-electron chi connectivity index (χ0n) is 15.5. The van der Waals surface area contributed by atoms with Crippen LogP contribution in [-0.2, 0) is 6.42 Å². The summed E-state index contributed by atoms with van der Waals surface area (Å²) < 4.78 is 10.6. The number of nitrogens with one attached hydrogen (secondary N) is 1. The van der Waals surface area contributed by atoms with E-state index in [1.165, 1.54) is 5.56 Å². The van der Waals surface area contributed by atoms with Crippen molar-refractivity contribution in [3.8, 4) is 11.5 Å². The third-order valence-electron chi connectivity index (χ3n) is 3.98. The molecule has 0 radical (unpaired) electrons. The molecule has 0 aromatic heterocycles. The first kappa shape index (κ1) is 19.8. The second-order valence-electron chi connectivity index (χ2n) is 7.07. The maximum absolute atomic E-state index is 9.76. The highest BCUT2D eigenvalue weighted by Crippen LogP contribution is 2.28. The molecule has 1 aromatic rings. The van der Waals surface area contributed by atoms with Crippen molar-refractivity contribution in [3.05, 3.63) is 23.8 Å². The maximum atomic E-state index is 9.76. The van der Waals surface area contributed by atoms with Gasteiger partial charge in [0.05, 0.1) is 19.8 Å². The second-order valence-corrected chi connectivity index (χ2v) is 7.07. The summed E-state index contributed by atoms with van der Waals surface area (Å²) in [7, 11) is 3.31. The van der Waals surface area contributed by atoms with Crippen LogP contribution >= 0.6 is 0 Å². The summed E-state index contributed by atoms with van der Waals surface area (Å²) in [4.78, 5) is 0. The minimum atomic E-state index is -0.564. The Kier molecular flexibility index (Phi) is 7.86. The molecule has 0 saturated heterocycles. The van der Waals surface area contributed by atoms with Crippen LogP contribution < -0.4 is 14.8 Å². The van der Waals surface area contributed by atoms with E-state index in [9.17, 15) is 5.11 Å². The van der Waals surface area contributed by atoms with Crippen molar-refractivity contribution in [2.45, 2.75) is 71.1 Å². The molecule has 23 heavy (non-hydrogen) atoms. The first-order chi connectivity index (χ1) is 10.7. The van der Waals surface area contributed by atoms with E-state index in [0.29, 0.717) is 12.1 Å². The van der Waals surface area contributed by atoms with Gasteiger partial charge in [-0.05, 0) is 71.1 Å². The number of methoxy groups -OCH3 is 2. The lowest BCUT2D eigenvalue weighted by Gasteiger charge is -2.22. The molecule has 2 N–H and O–H groups in total. The van der Waals surface area contributed by atoms with Crippen LogP contribution in [0.1, 0.15) is 52.5 Å². The van der Waals surface area contributed by atoms with Crippen molar-refractivity contribution in [2.75, 3.05) is 14.2 Å². The predicted octanol–water partition coefficient (Wildman–Crippen LogP) is 3.55. The van der Waals surface area contributed by atoms with Gasteiger partial charge in [-0.1, -0.05) is 6.07 Å².